The second-order valence-corrected chi connectivity index (χ2v) is 22.5. The van der Waals surface area contributed by atoms with Crippen LogP contribution in [0.3, 0.4) is 0 Å². The lowest BCUT2D eigenvalue weighted by molar-refractivity contribution is -0.870. The quantitative estimate of drug-likeness (QED) is 0.0243. The Kier molecular flexibility index (Phi) is 49.3. The Hall–Kier alpha value is -1.54. The molecular weight excluding hydrogens is 864 g/mol. The van der Waals surface area contributed by atoms with Crippen LogP contribution in [0.2, 0.25) is 0 Å². The van der Waals surface area contributed by atoms with Gasteiger partial charge in [-0.25, -0.2) is 4.57 Å². The van der Waals surface area contributed by atoms with E-state index in [1.807, 2.05) is 27.2 Å². The van der Waals surface area contributed by atoms with E-state index in [1.54, 1.807) is 6.08 Å². The molecule has 0 aliphatic heterocycles. The molecule has 0 aromatic rings. The number of nitrogens with zero attached hydrogens (tertiary/aromatic N) is 1. The van der Waals surface area contributed by atoms with Crippen LogP contribution in [0.5, 0.6) is 0 Å². The molecule has 0 radical (unpaired) electrons. The first-order valence-corrected chi connectivity index (χ1v) is 30.5. The summed E-state index contributed by atoms with van der Waals surface area (Å²) in [6, 6.07) is -0.872. The van der Waals surface area contributed by atoms with Crippen molar-refractivity contribution < 1.29 is 32.9 Å². The van der Waals surface area contributed by atoms with Crippen LogP contribution in [0.25, 0.3) is 0 Å². The molecule has 9 heteroatoms. The molecule has 68 heavy (non-hydrogen) atoms. The van der Waals surface area contributed by atoms with Crippen molar-refractivity contribution in [2.24, 2.45) is 0 Å². The van der Waals surface area contributed by atoms with Crippen molar-refractivity contribution in [3.8, 4) is 0 Å². The fourth-order valence-corrected chi connectivity index (χ4v) is 9.17. The number of carbonyl (C=O) groups excluding carboxylic acids is 1. The number of allylic oxidation sites excluding steroid dienone is 7. The zero-order chi connectivity index (χ0) is 49.9. The molecule has 8 nitrogen and oxygen atoms in total. The molecule has 3 atom stereocenters. The Morgan fingerprint density at radius 1 is 0.500 bits per heavy atom. The first-order chi connectivity index (χ1) is 33.0. The highest BCUT2D eigenvalue weighted by Gasteiger charge is 2.27. The predicted octanol–water partition coefficient (Wildman–Crippen LogP) is 17.5. The van der Waals surface area contributed by atoms with Crippen molar-refractivity contribution in [3.05, 3.63) is 48.6 Å². The van der Waals surface area contributed by atoms with Crippen LogP contribution >= 0.6 is 7.82 Å². The number of hydrogen-bond acceptors (Lipinski definition) is 5. The number of aliphatic hydroxyl groups is 1. The third kappa shape index (κ3) is 52.3. The smallest absolute Gasteiger partial charge is 0.387 e. The minimum atomic E-state index is -4.36. The van der Waals surface area contributed by atoms with Crippen molar-refractivity contribution in [1.29, 1.82) is 0 Å². The van der Waals surface area contributed by atoms with E-state index in [4.69, 9.17) is 9.05 Å². The largest absolute Gasteiger partial charge is 0.472 e. The number of amides is 1. The molecule has 0 aromatic heterocycles. The standard InChI is InChI=1S/C59H113N2O6P/c1-6-8-10-12-14-16-18-20-22-23-24-25-26-27-28-29-30-31-32-33-34-35-36-37-38-39-40-42-44-46-48-50-52-58(62)57(56-67-68(64,65)66-55-54-61(3,4)5)60-59(63)53-51-49-47-45-43-41-21-19-17-15-13-11-9-7-2/h13,15,19,21,42,44,50,52,57-58,62H,6-12,14,16-18,20,22-41,43,45-49,51,53-56H2,1-5H3,(H-,60,63,64,65)/p+1/b15-13-,21-19-,44-42+,52-50+. The lowest BCUT2D eigenvalue weighted by Crippen LogP contribution is -2.45. The summed E-state index contributed by atoms with van der Waals surface area (Å²) in [7, 11) is 1.55. The molecule has 0 saturated carbocycles. The summed E-state index contributed by atoms with van der Waals surface area (Å²) in [4.78, 5) is 23.2. The zero-order valence-corrected chi connectivity index (χ0v) is 46.5. The fourth-order valence-electron chi connectivity index (χ4n) is 8.43. The minimum Gasteiger partial charge on any atom is -0.387 e. The molecule has 0 fully saturated rings. The highest BCUT2D eigenvalue weighted by atomic mass is 31.2. The average Bonchev–Trinajstić information content (AvgIpc) is 3.30. The third-order valence-corrected chi connectivity index (χ3v) is 14.0. The van der Waals surface area contributed by atoms with Gasteiger partial charge in [0.05, 0.1) is 39.9 Å². The first kappa shape index (κ1) is 66.5. The summed E-state index contributed by atoms with van der Waals surface area (Å²) in [6.45, 7) is 4.76. The van der Waals surface area contributed by atoms with Gasteiger partial charge in [-0.05, 0) is 57.8 Å². The van der Waals surface area contributed by atoms with Crippen LogP contribution in [0.1, 0.15) is 271 Å². The number of likely N-dealkylation sites (N-methyl/N-ethyl adjacent to an activating group) is 1. The third-order valence-electron chi connectivity index (χ3n) is 13.0. The SMILES string of the molecule is CCCC/C=C\C/C=C\CCCCCCCC(=O)NC(COP(=O)(O)OCC[N+](C)(C)C)C(O)/C=C/CC/C=C/CCCCCCCCCCCCCCCCCCCCCCCCCCCC. The summed E-state index contributed by atoms with van der Waals surface area (Å²) in [5, 5.41) is 13.9. The summed E-state index contributed by atoms with van der Waals surface area (Å²) in [6.07, 6.45) is 66.7. The van der Waals surface area contributed by atoms with Crippen LogP contribution in [-0.2, 0) is 18.4 Å². The number of phosphoric ester groups is 1. The second-order valence-electron chi connectivity index (χ2n) is 21.0. The van der Waals surface area contributed by atoms with E-state index in [2.05, 4.69) is 55.6 Å². The van der Waals surface area contributed by atoms with Crippen molar-refractivity contribution >= 4 is 13.7 Å². The van der Waals surface area contributed by atoms with Gasteiger partial charge >= 0.3 is 7.82 Å². The normalized spacial score (nSPS) is 14.3. The van der Waals surface area contributed by atoms with Gasteiger partial charge < -0.3 is 19.8 Å². The second kappa shape index (κ2) is 50.4. The summed E-state index contributed by atoms with van der Waals surface area (Å²) in [5.41, 5.74) is 0. The summed E-state index contributed by atoms with van der Waals surface area (Å²) >= 11 is 0. The Labute approximate surface area is 422 Å². The molecule has 0 saturated heterocycles. The van der Waals surface area contributed by atoms with E-state index in [0.717, 1.165) is 64.2 Å². The molecule has 400 valence electrons. The molecule has 3 N–H and O–H groups in total. The number of unbranched alkanes of at least 4 members (excludes halogenated alkanes) is 34. The van der Waals surface area contributed by atoms with Crippen molar-refractivity contribution in [2.45, 2.75) is 283 Å². The molecule has 0 bridgehead atoms. The Morgan fingerprint density at radius 3 is 1.31 bits per heavy atom. The van der Waals surface area contributed by atoms with E-state index >= 15 is 0 Å². The van der Waals surface area contributed by atoms with E-state index in [9.17, 15) is 19.4 Å². The number of quaternary nitrogens is 1. The van der Waals surface area contributed by atoms with Gasteiger partial charge in [0.25, 0.3) is 0 Å². The monoisotopic (exact) mass is 978 g/mol. The molecule has 1 amide bonds. The van der Waals surface area contributed by atoms with E-state index in [0.29, 0.717) is 17.4 Å². The van der Waals surface area contributed by atoms with Gasteiger partial charge in [0.15, 0.2) is 0 Å². The van der Waals surface area contributed by atoms with Gasteiger partial charge in [0.1, 0.15) is 13.2 Å². The molecule has 0 spiro atoms. The maximum absolute atomic E-state index is 12.9. The summed E-state index contributed by atoms with van der Waals surface area (Å²) in [5.74, 6) is -0.200. The van der Waals surface area contributed by atoms with Crippen LogP contribution in [0.4, 0.5) is 0 Å². The van der Waals surface area contributed by atoms with E-state index < -0.39 is 20.0 Å². The van der Waals surface area contributed by atoms with Gasteiger partial charge in [-0.15, -0.1) is 0 Å². The van der Waals surface area contributed by atoms with E-state index in [-0.39, 0.29) is 19.1 Å². The Morgan fingerprint density at radius 2 is 0.868 bits per heavy atom. The lowest BCUT2D eigenvalue weighted by atomic mass is 10.0. The number of carbonyl (C=O) groups is 1. The minimum absolute atomic E-state index is 0.0523. The van der Waals surface area contributed by atoms with E-state index in [1.165, 1.54) is 186 Å². The highest BCUT2D eigenvalue weighted by Crippen LogP contribution is 2.43. The van der Waals surface area contributed by atoms with Gasteiger partial charge in [-0.3, -0.25) is 13.8 Å². The van der Waals surface area contributed by atoms with Crippen LogP contribution in [0.15, 0.2) is 48.6 Å². The fraction of sp³-hybridized carbons (Fsp3) is 0.847. The van der Waals surface area contributed by atoms with Gasteiger partial charge in [-0.1, -0.05) is 255 Å². The Balaban J connectivity index is 4.12. The van der Waals surface area contributed by atoms with Gasteiger partial charge in [0, 0.05) is 6.42 Å². The van der Waals surface area contributed by atoms with Crippen molar-refractivity contribution in [2.75, 3.05) is 40.9 Å². The number of rotatable bonds is 53. The first-order valence-electron chi connectivity index (χ1n) is 29.0. The number of hydrogen-bond donors (Lipinski definition) is 3. The van der Waals surface area contributed by atoms with Crippen LogP contribution in [0, 0.1) is 0 Å². The average molecular weight is 979 g/mol. The Bertz CT molecular complexity index is 1250. The zero-order valence-electron chi connectivity index (χ0n) is 45.6. The maximum Gasteiger partial charge on any atom is 0.472 e. The van der Waals surface area contributed by atoms with Gasteiger partial charge in [0.2, 0.25) is 5.91 Å². The number of phosphoric acid groups is 1. The molecule has 0 heterocycles. The molecule has 0 aliphatic rings. The molecule has 0 aromatic carbocycles. The van der Waals surface area contributed by atoms with Crippen molar-refractivity contribution in [3.63, 3.8) is 0 Å². The topological polar surface area (TPSA) is 105 Å². The maximum atomic E-state index is 12.9. The van der Waals surface area contributed by atoms with Crippen LogP contribution in [-0.4, -0.2) is 73.4 Å². The van der Waals surface area contributed by atoms with Crippen LogP contribution < -0.4 is 5.32 Å². The number of aliphatic hydroxyl groups excluding tert-OH is 1. The van der Waals surface area contributed by atoms with Gasteiger partial charge in [-0.2, -0.15) is 0 Å². The predicted molar refractivity (Wildman–Crippen MR) is 295 cm³/mol. The number of nitrogens with one attached hydrogen (secondary N) is 1. The summed E-state index contributed by atoms with van der Waals surface area (Å²) < 4.78 is 23.6. The lowest BCUT2D eigenvalue weighted by Gasteiger charge is -2.25. The molecule has 3 unspecified atom stereocenters. The van der Waals surface area contributed by atoms with Crippen molar-refractivity contribution in [1.82, 2.24) is 5.32 Å². The molecule has 0 aliphatic carbocycles. The molecule has 0 rings (SSSR count). The molecular formula is C59H114N2O6P+. The highest BCUT2D eigenvalue weighted by molar-refractivity contribution is 7.47.